The van der Waals surface area contributed by atoms with E-state index in [1.165, 1.54) is 11.1 Å². The molecule has 2 rings (SSSR count). The molecule has 0 bridgehead atoms. The molecule has 3 heteroatoms. The SMILES string of the molecule is CCn1cnc2cc(C(C)(C)CCN)ccc21. The maximum atomic E-state index is 5.67. The minimum absolute atomic E-state index is 0.124. The fourth-order valence-corrected chi connectivity index (χ4v) is 2.24. The van der Waals surface area contributed by atoms with E-state index in [4.69, 9.17) is 5.73 Å². The summed E-state index contributed by atoms with van der Waals surface area (Å²) in [6.45, 7) is 8.28. The van der Waals surface area contributed by atoms with Crippen molar-refractivity contribution in [3.63, 3.8) is 0 Å². The van der Waals surface area contributed by atoms with Gasteiger partial charge in [-0.2, -0.15) is 0 Å². The van der Waals surface area contributed by atoms with Crippen LogP contribution < -0.4 is 5.73 Å². The number of nitrogens with two attached hydrogens (primary N) is 1. The van der Waals surface area contributed by atoms with Gasteiger partial charge in [-0.05, 0) is 43.0 Å². The summed E-state index contributed by atoms with van der Waals surface area (Å²) in [5, 5.41) is 0. The number of benzene rings is 1. The van der Waals surface area contributed by atoms with Crippen LogP contribution in [-0.2, 0) is 12.0 Å². The first-order valence-corrected chi connectivity index (χ1v) is 6.24. The molecule has 0 radical (unpaired) electrons. The molecule has 1 heterocycles. The molecule has 0 amide bonds. The van der Waals surface area contributed by atoms with Gasteiger partial charge in [-0.15, -0.1) is 0 Å². The van der Waals surface area contributed by atoms with Gasteiger partial charge in [-0.1, -0.05) is 19.9 Å². The highest BCUT2D eigenvalue weighted by molar-refractivity contribution is 5.76. The van der Waals surface area contributed by atoms with Gasteiger partial charge in [0.05, 0.1) is 17.4 Å². The van der Waals surface area contributed by atoms with Crippen molar-refractivity contribution in [2.24, 2.45) is 5.73 Å². The summed E-state index contributed by atoms with van der Waals surface area (Å²) in [5.41, 5.74) is 9.40. The van der Waals surface area contributed by atoms with E-state index in [1.54, 1.807) is 0 Å². The van der Waals surface area contributed by atoms with E-state index in [-0.39, 0.29) is 5.41 Å². The maximum absolute atomic E-state index is 5.67. The summed E-state index contributed by atoms with van der Waals surface area (Å²) in [7, 11) is 0. The van der Waals surface area contributed by atoms with E-state index in [9.17, 15) is 0 Å². The van der Waals surface area contributed by atoms with Gasteiger partial charge in [0.1, 0.15) is 0 Å². The maximum Gasteiger partial charge on any atom is 0.0958 e. The molecular weight excluding hydrogens is 210 g/mol. The summed E-state index contributed by atoms with van der Waals surface area (Å²) in [6, 6.07) is 6.56. The Balaban J connectivity index is 2.45. The average Bonchev–Trinajstić information content (AvgIpc) is 2.70. The van der Waals surface area contributed by atoms with Crippen molar-refractivity contribution < 1.29 is 0 Å². The van der Waals surface area contributed by atoms with Gasteiger partial charge < -0.3 is 10.3 Å². The second-order valence-corrected chi connectivity index (χ2v) is 5.16. The third-order valence-corrected chi connectivity index (χ3v) is 3.51. The number of aromatic nitrogens is 2. The fourth-order valence-electron chi connectivity index (χ4n) is 2.24. The third-order valence-electron chi connectivity index (χ3n) is 3.51. The highest BCUT2D eigenvalue weighted by Gasteiger charge is 2.20. The van der Waals surface area contributed by atoms with Gasteiger partial charge in [0, 0.05) is 6.54 Å². The summed E-state index contributed by atoms with van der Waals surface area (Å²) < 4.78 is 2.16. The van der Waals surface area contributed by atoms with Crippen LogP contribution in [0.3, 0.4) is 0 Å². The lowest BCUT2D eigenvalue weighted by molar-refractivity contribution is 0.488. The fraction of sp³-hybridized carbons (Fsp3) is 0.500. The Kier molecular flexibility index (Phi) is 3.20. The minimum atomic E-state index is 0.124. The third kappa shape index (κ3) is 2.20. The second kappa shape index (κ2) is 4.49. The van der Waals surface area contributed by atoms with Crippen molar-refractivity contribution in [1.29, 1.82) is 0 Å². The number of aryl methyl sites for hydroxylation is 1. The predicted molar refractivity (Wildman–Crippen MR) is 72.1 cm³/mol. The van der Waals surface area contributed by atoms with Gasteiger partial charge in [-0.25, -0.2) is 4.98 Å². The van der Waals surface area contributed by atoms with E-state index in [0.29, 0.717) is 6.54 Å². The van der Waals surface area contributed by atoms with E-state index >= 15 is 0 Å². The highest BCUT2D eigenvalue weighted by Crippen LogP contribution is 2.28. The Labute approximate surface area is 103 Å². The summed E-state index contributed by atoms with van der Waals surface area (Å²) in [6.07, 6.45) is 2.90. The van der Waals surface area contributed by atoms with Gasteiger partial charge in [0.25, 0.3) is 0 Å². The summed E-state index contributed by atoms with van der Waals surface area (Å²) in [4.78, 5) is 4.46. The normalized spacial score (nSPS) is 12.2. The van der Waals surface area contributed by atoms with Crippen LogP contribution in [0.25, 0.3) is 11.0 Å². The van der Waals surface area contributed by atoms with Gasteiger partial charge in [-0.3, -0.25) is 0 Å². The van der Waals surface area contributed by atoms with E-state index in [2.05, 4.69) is 48.5 Å². The summed E-state index contributed by atoms with van der Waals surface area (Å²) >= 11 is 0. The van der Waals surface area contributed by atoms with Crippen molar-refractivity contribution in [1.82, 2.24) is 9.55 Å². The molecule has 2 aromatic rings. The Bertz CT molecular complexity index is 511. The van der Waals surface area contributed by atoms with Crippen LogP contribution in [0.15, 0.2) is 24.5 Å². The molecule has 1 aromatic carbocycles. The smallest absolute Gasteiger partial charge is 0.0958 e. The van der Waals surface area contributed by atoms with Crippen LogP contribution in [0.5, 0.6) is 0 Å². The zero-order valence-corrected chi connectivity index (χ0v) is 10.9. The lowest BCUT2D eigenvalue weighted by Gasteiger charge is -2.24. The molecule has 0 aliphatic carbocycles. The molecule has 0 atom stereocenters. The number of rotatable bonds is 4. The molecule has 0 aliphatic heterocycles. The number of nitrogens with zero attached hydrogens (tertiary/aromatic N) is 2. The van der Waals surface area contributed by atoms with Crippen molar-refractivity contribution in [2.75, 3.05) is 6.54 Å². The Morgan fingerprint density at radius 3 is 2.76 bits per heavy atom. The molecule has 92 valence electrons. The quantitative estimate of drug-likeness (QED) is 0.879. The first-order valence-electron chi connectivity index (χ1n) is 6.24. The first kappa shape index (κ1) is 12.1. The van der Waals surface area contributed by atoms with Crippen molar-refractivity contribution >= 4 is 11.0 Å². The largest absolute Gasteiger partial charge is 0.331 e. The molecule has 0 saturated carbocycles. The van der Waals surface area contributed by atoms with Crippen molar-refractivity contribution in [3.8, 4) is 0 Å². The zero-order chi connectivity index (χ0) is 12.5. The molecule has 0 aliphatic rings. The molecule has 2 N–H and O–H groups in total. The zero-order valence-electron chi connectivity index (χ0n) is 10.9. The van der Waals surface area contributed by atoms with Gasteiger partial charge in [0.2, 0.25) is 0 Å². The predicted octanol–water partition coefficient (Wildman–Crippen LogP) is 2.68. The monoisotopic (exact) mass is 231 g/mol. The number of fused-ring (bicyclic) bond motifs is 1. The topological polar surface area (TPSA) is 43.8 Å². The van der Waals surface area contributed by atoms with Crippen LogP contribution in [0.2, 0.25) is 0 Å². The molecule has 17 heavy (non-hydrogen) atoms. The van der Waals surface area contributed by atoms with E-state index in [0.717, 1.165) is 18.5 Å². The van der Waals surface area contributed by atoms with E-state index in [1.807, 2.05) is 6.33 Å². The molecular formula is C14H21N3. The Morgan fingerprint density at radius 2 is 2.12 bits per heavy atom. The van der Waals surface area contributed by atoms with Crippen LogP contribution in [0.1, 0.15) is 32.8 Å². The molecule has 0 saturated heterocycles. The molecule has 3 nitrogen and oxygen atoms in total. The first-order chi connectivity index (χ1) is 8.08. The lowest BCUT2D eigenvalue weighted by Crippen LogP contribution is -2.21. The van der Waals surface area contributed by atoms with E-state index < -0.39 is 0 Å². The van der Waals surface area contributed by atoms with Crippen molar-refractivity contribution in [3.05, 3.63) is 30.1 Å². The molecule has 0 unspecified atom stereocenters. The highest BCUT2D eigenvalue weighted by atomic mass is 15.0. The Hall–Kier alpha value is -1.35. The average molecular weight is 231 g/mol. The minimum Gasteiger partial charge on any atom is -0.331 e. The Morgan fingerprint density at radius 1 is 1.35 bits per heavy atom. The number of imidazole rings is 1. The second-order valence-electron chi connectivity index (χ2n) is 5.16. The number of hydrogen-bond donors (Lipinski definition) is 1. The molecule has 1 aromatic heterocycles. The van der Waals surface area contributed by atoms with Gasteiger partial charge in [0.15, 0.2) is 0 Å². The molecule has 0 fully saturated rings. The van der Waals surface area contributed by atoms with Crippen molar-refractivity contribution in [2.45, 2.75) is 39.2 Å². The standard InChI is InChI=1S/C14H21N3/c1-4-17-10-16-12-9-11(5-6-13(12)17)14(2,3)7-8-15/h5-6,9-10H,4,7-8,15H2,1-3H3. The van der Waals surface area contributed by atoms with Crippen LogP contribution in [0, 0.1) is 0 Å². The number of hydrogen-bond acceptors (Lipinski definition) is 2. The van der Waals surface area contributed by atoms with Gasteiger partial charge >= 0.3 is 0 Å². The molecule has 0 spiro atoms. The lowest BCUT2D eigenvalue weighted by atomic mass is 9.81. The van der Waals surface area contributed by atoms with Crippen LogP contribution in [0.4, 0.5) is 0 Å². The van der Waals surface area contributed by atoms with Crippen LogP contribution >= 0.6 is 0 Å². The van der Waals surface area contributed by atoms with Crippen LogP contribution in [-0.4, -0.2) is 16.1 Å². The summed E-state index contributed by atoms with van der Waals surface area (Å²) in [5.74, 6) is 0.